The van der Waals surface area contributed by atoms with Gasteiger partial charge < -0.3 is 14.7 Å². The third-order valence-electron chi connectivity index (χ3n) is 2.44. The second-order valence-electron chi connectivity index (χ2n) is 3.35. The number of aliphatic hydroxyl groups excluding tert-OH is 1. The number of aliphatic hydroxyl groups is 1. The second-order valence-corrected chi connectivity index (χ2v) is 3.73. The number of aromatic nitrogens is 1. The summed E-state index contributed by atoms with van der Waals surface area (Å²) in [4.78, 5) is 6.16. The zero-order chi connectivity index (χ0) is 10.7. The largest absolute Gasteiger partial charge is 0.390 e. The van der Waals surface area contributed by atoms with Gasteiger partial charge in [0.05, 0.1) is 36.2 Å². The molecule has 1 aromatic heterocycles. The van der Waals surface area contributed by atoms with Gasteiger partial charge in [-0.3, -0.25) is 4.98 Å². The highest BCUT2D eigenvalue weighted by atomic mass is 35.5. The minimum absolute atomic E-state index is 0.128. The molecule has 4 nitrogen and oxygen atoms in total. The van der Waals surface area contributed by atoms with E-state index in [9.17, 15) is 0 Å². The van der Waals surface area contributed by atoms with Gasteiger partial charge in [-0.25, -0.2) is 0 Å². The smallest absolute Gasteiger partial charge is 0.0878 e. The molecule has 0 spiro atoms. The molecule has 15 heavy (non-hydrogen) atoms. The highest BCUT2D eigenvalue weighted by Gasteiger charge is 2.16. The molecule has 0 radical (unpaired) electrons. The van der Waals surface area contributed by atoms with Crippen LogP contribution in [0.3, 0.4) is 0 Å². The van der Waals surface area contributed by atoms with Gasteiger partial charge in [0.1, 0.15) is 0 Å². The van der Waals surface area contributed by atoms with Crippen LogP contribution < -0.4 is 4.90 Å². The molecule has 0 aromatic carbocycles. The van der Waals surface area contributed by atoms with Crippen LogP contribution in [0.15, 0.2) is 12.3 Å². The second kappa shape index (κ2) is 4.79. The molecule has 0 saturated carbocycles. The van der Waals surface area contributed by atoms with Crippen molar-refractivity contribution in [2.45, 2.75) is 6.61 Å². The summed E-state index contributed by atoms with van der Waals surface area (Å²) in [5.74, 6) is 0. The molecule has 82 valence electrons. The summed E-state index contributed by atoms with van der Waals surface area (Å²) in [6.45, 7) is 2.96. The zero-order valence-corrected chi connectivity index (χ0v) is 9.07. The first-order valence-corrected chi connectivity index (χ1v) is 5.27. The van der Waals surface area contributed by atoms with E-state index < -0.39 is 0 Å². The van der Waals surface area contributed by atoms with Crippen molar-refractivity contribution in [2.75, 3.05) is 31.2 Å². The minimum Gasteiger partial charge on any atom is -0.390 e. The summed E-state index contributed by atoms with van der Waals surface area (Å²) in [6.07, 6.45) is 1.67. The van der Waals surface area contributed by atoms with Gasteiger partial charge in [-0.2, -0.15) is 0 Å². The average Bonchev–Trinajstić information content (AvgIpc) is 2.30. The molecule has 2 rings (SSSR count). The Bertz CT molecular complexity index is 340. The van der Waals surface area contributed by atoms with E-state index >= 15 is 0 Å². The Morgan fingerprint density at radius 2 is 2.20 bits per heavy atom. The number of hydrogen-bond donors (Lipinski definition) is 1. The summed E-state index contributed by atoms with van der Waals surface area (Å²) in [6, 6.07) is 1.87. The fraction of sp³-hybridized carbons (Fsp3) is 0.500. The molecule has 0 atom stereocenters. The van der Waals surface area contributed by atoms with Crippen LogP contribution in [0.1, 0.15) is 5.69 Å². The highest BCUT2D eigenvalue weighted by molar-refractivity contribution is 6.33. The first kappa shape index (κ1) is 10.7. The lowest BCUT2D eigenvalue weighted by molar-refractivity contribution is 0.122. The number of pyridine rings is 1. The SMILES string of the molecule is OCc1nccc(N2CCOCC2)c1Cl. The maximum Gasteiger partial charge on any atom is 0.0878 e. The minimum atomic E-state index is -0.128. The number of rotatable bonds is 2. The molecule has 0 unspecified atom stereocenters. The van der Waals surface area contributed by atoms with E-state index in [0.717, 1.165) is 18.8 Å². The van der Waals surface area contributed by atoms with Crippen molar-refractivity contribution in [3.63, 3.8) is 0 Å². The van der Waals surface area contributed by atoms with Crippen LogP contribution in [0.25, 0.3) is 0 Å². The summed E-state index contributed by atoms with van der Waals surface area (Å²) in [5.41, 5.74) is 1.46. The lowest BCUT2D eigenvalue weighted by Crippen LogP contribution is -2.36. The van der Waals surface area contributed by atoms with Crippen molar-refractivity contribution in [1.82, 2.24) is 4.98 Å². The van der Waals surface area contributed by atoms with Gasteiger partial charge in [-0.1, -0.05) is 11.6 Å². The van der Waals surface area contributed by atoms with E-state index in [2.05, 4.69) is 9.88 Å². The van der Waals surface area contributed by atoms with Gasteiger partial charge >= 0.3 is 0 Å². The van der Waals surface area contributed by atoms with Gasteiger partial charge in [0.15, 0.2) is 0 Å². The Morgan fingerprint density at radius 3 is 2.87 bits per heavy atom. The normalized spacial score (nSPS) is 16.8. The lowest BCUT2D eigenvalue weighted by atomic mass is 10.2. The van der Waals surface area contributed by atoms with Crippen molar-refractivity contribution in [1.29, 1.82) is 0 Å². The number of halogens is 1. The van der Waals surface area contributed by atoms with Crippen molar-refractivity contribution in [2.24, 2.45) is 0 Å². The molecular weight excluding hydrogens is 216 g/mol. The molecule has 0 amide bonds. The van der Waals surface area contributed by atoms with Gasteiger partial charge in [-0.05, 0) is 6.07 Å². The summed E-state index contributed by atoms with van der Waals surface area (Å²) in [7, 11) is 0. The topological polar surface area (TPSA) is 45.6 Å². The first-order chi connectivity index (χ1) is 7.33. The van der Waals surface area contributed by atoms with Gasteiger partial charge in [0, 0.05) is 19.3 Å². The maximum atomic E-state index is 9.05. The third kappa shape index (κ3) is 2.22. The van der Waals surface area contributed by atoms with Crippen LogP contribution >= 0.6 is 11.6 Å². The monoisotopic (exact) mass is 228 g/mol. The van der Waals surface area contributed by atoms with Gasteiger partial charge in [-0.15, -0.1) is 0 Å². The Kier molecular flexibility index (Phi) is 3.41. The van der Waals surface area contributed by atoms with E-state index in [1.165, 1.54) is 0 Å². The average molecular weight is 229 g/mol. The first-order valence-electron chi connectivity index (χ1n) is 4.90. The van der Waals surface area contributed by atoms with Crippen LogP contribution in [0.2, 0.25) is 5.02 Å². The lowest BCUT2D eigenvalue weighted by Gasteiger charge is -2.29. The molecule has 1 saturated heterocycles. The maximum absolute atomic E-state index is 9.05. The predicted molar refractivity (Wildman–Crippen MR) is 58.2 cm³/mol. The van der Waals surface area contributed by atoms with E-state index in [1.807, 2.05) is 6.07 Å². The zero-order valence-electron chi connectivity index (χ0n) is 8.32. The number of anilines is 1. The Hall–Kier alpha value is -0.840. The predicted octanol–water partition coefficient (Wildman–Crippen LogP) is 1.06. The summed E-state index contributed by atoms with van der Waals surface area (Å²) >= 11 is 6.14. The molecule has 0 aliphatic carbocycles. The number of ether oxygens (including phenoxy) is 1. The molecule has 2 heterocycles. The molecule has 1 aromatic rings. The van der Waals surface area contributed by atoms with Crippen LogP contribution in [0, 0.1) is 0 Å². The Labute approximate surface area is 93.4 Å². The standard InChI is InChI=1S/C10H13ClN2O2/c11-10-8(7-14)12-2-1-9(10)13-3-5-15-6-4-13/h1-2,14H,3-7H2. The fourth-order valence-corrected chi connectivity index (χ4v) is 1.93. The molecule has 1 fully saturated rings. The molecule has 0 bridgehead atoms. The summed E-state index contributed by atoms with van der Waals surface area (Å²) in [5, 5.41) is 9.59. The van der Waals surface area contributed by atoms with Crippen LogP contribution in [0.5, 0.6) is 0 Å². The van der Waals surface area contributed by atoms with Crippen molar-refractivity contribution < 1.29 is 9.84 Å². The molecule has 1 aliphatic heterocycles. The van der Waals surface area contributed by atoms with Crippen molar-refractivity contribution in [3.8, 4) is 0 Å². The van der Waals surface area contributed by atoms with E-state index in [4.69, 9.17) is 21.4 Å². The highest BCUT2D eigenvalue weighted by Crippen LogP contribution is 2.28. The van der Waals surface area contributed by atoms with Gasteiger partial charge in [0.2, 0.25) is 0 Å². The Morgan fingerprint density at radius 1 is 1.47 bits per heavy atom. The fourth-order valence-electron chi connectivity index (χ4n) is 1.63. The van der Waals surface area contributed by atoms with Crippen LogP contribution in [-0.4, -0.2) is 36.4 Å². The molecule has 5 heteroatoms. The summed E-state index contributed by atoms with van der Waals surface area (Å²) < 4.78 is 5.27. The Balaban J connectivity index is 2.26. The number of hydrogen-bond acceptors (Lipinski definition) is 4. The van der Waals surface area contributed by atoms with Crippen molar-refractivity contribution in [3.05, 3.63) is 23.0 Å². The molecule has 1 aliphatic rings. The molecule has 1 N–H and O–H groups in total. The van der Waals surface area contributed by atoms with Crippen LogP contribution in [0.4, 0.5) is 5.69 Å². The van der Waals surface area contributed by atoms with Gasteiger partial charge in [0.25, 0.3) is 0 Å². The third-order valence-corrected chi connectivity index (χ3v) is 2.85. The van der Waals surface area contributed by atoms with E-state index in [1.54, 1.807) is 6.20 Å². The quantitative estimate of drug-likeness (QED) is 0.823. The number of morpholine rings is 1. The van der Waals surface area contributed by atoms with E-state index in [0.29, 0.717) is 23.9 Å². The van der Waals surface area contributed by atoms with Crippen LogP contribution in [-0.2, 0) is 11.3 Å². The number of nitrogens with zero attached hydrogens (tertiary/aromatic N) is 2. The van der Waals surface area contributed by atoms with Crippen molar-refractivity contribution >= 4 is 17.3 Å². The molecular formula is C10H13ClN2O2. The van der Waals surface area contributed by atoms with E-state index in [-0.39, 0.29) is 6.61 Å².